The lowest BCUT2D eigenvalue weighted by Crippen LogP contribution is -2.52. The summed E-state index contributed by atoms with van der Waals surface area (Å²) in [5.74, 6) is 4.69. The molecule has 30 heavy (non-hydrogen) atoms. The third-order valence-corrected chi connectivity index (χ3v) is 8.17. The summed E-state index contributed by atoms with van der Waals surface area (Å²) in [7, 11) is 0. The Labute approximate surface area is 183 Å². The predicted molar refractivity (Wildman–Crippen MR) is 119 cm³/mol. The second kappa shape index (κ2) is 7.74. The van der Waals surface area contributed by atoms with Gasteiger partial charge in [-0.25, -0.2) is 4.98 Å². The van der Waals surface area contributed by atoms with E-state index in [0.29, 0.717) is 34.3 Å². The normalized spacial score (nSPS) is 31.4. The summed E-state index contributed by atoms with van der Waals surface area (Å²) in [6, 6.07) is 9.96. The van der Waals surface area contributed by atoms with Crippen molar-refractivity contribution in [1.82, 2.24) is 9.97 Å². The molecule has 0 spiro atoms. The van der Waals surface area contributed by atoms with Crippen LogP contribution in [0.2, 0.25) is 5.02 Å². The summed E-state index contributed by atoms with van der Waals surface area (Å²) >= 11 is 6.24. The van der Waals surface area contributed by atoms with Crippen molar-refractivity contribution < 1.29 is 0 Å². The van der Waals surface area contributed by atoms with Crippen LogP contribution in [-0.2, 0) is 6.54 Å². The van der Waals surface area contributed by atoms with E-state index in [1.54, 1.807) is 6.20 Å². The number of nitrogens with zero attached hydrogens (tertiary/aromatic N) is 3. The molecule has 4 bridgehead atoms. The smallest absolute Gasteiger partial charge is 0.224 e. The molecule has 3 unspecified atom stereocenters. The van der Waals surface area contributed by atoms with Gasteiger partial charge < -0.3 is 10.6 Å². The summed E-state index contributed by atoms with van der Waals surface area (Å²) in [6.07, 6.45) is 8.41. The molecule has 5 atom stereocenters. The van der Waals surface area contributed by atoms with Gasteiger partial charge in [-0.3, -0.25) is 0 Å². The maximum atomic E-state index is 9.54. The van der Waals surface area contributed by atoms with Crippen molar-refractivity contribution in [3.63, 3.8) is 0 Å². The number of benzene rings is 1. The standard InChI is InChI=1S/C24H28ClN5/c1-15-18-6-16-7-19(15)10-24(8-16,9-18)14-29-22-20(11-26)13-28-23(30-22)27-12-17-4-2-3-5-21(17)25/h2-5,13,15-16,18-19H,6-10,12,14H2,1H3,(H2,27,28,29,30)/t15?,16?,18-,19+,24?. The van der Waals surface area contributed by atoms with E-state index in [0.717, 1.165) is 35.8 Å². The fourth-order valence-electron chi connectivity index (χ4n) is 6.43. The first-order valence-corrected chi connectivity index (χ1v) is 11.4. The maximum absolute atomic E-state index is 9.54. The fourth-order valence-corrected chi connectivity index (χ4v) is 6.64. The molecule has 2 aromatic rings. The molecule has 4 fully saturated rings. The molecule has 156 valence electrons. The molecule has 0 radical (unpaired) electrons. The van der Waals surface area contributed by atoms with Gasteiger partial charge in [0.2, 0.25) is 5.95 Å². The van der Waals surface area contributed by atoms with Crippen molar-refractivity contribution in [1.29, 1.82) is 5.26 Å². The van der Waals surface area contributed by atoms with Gasteiger partial charge in [0, 0.05) is 18.1 Å². The summed E-state index contributed by atoms with van der Waals surface area (Å²) in [6.45, 7) is 3.90. The largest absolute Gasteiger partial charge is 0.368 e. The van der Waals surface area contributed by atoms with E-state index in [1.807, 2.05) is 24.3 Å². The molecule has 1 aromatic heterocycles. The van der Waals surface area contributed by atoms with Crippen molar-refractivity contribution in [2.24, 2.45) is 29.1 Å². The quantitative estimate of drug-likeness (QED) is 0.645. The zero-order valence-electron chi connectivity index (χ0n) is 17.4. The van der Waals surface area contributed by atoms with Crippen LogP contribution >= 0.6 is 11.6 Å². The Bertz CT molecular complexity index is 968. The minimum Gasteiger partial charge on any atom is -0.368 e. The van der Waals surface area contributed by atoms with E-state index < -0.39 is 0 Å². The van der Waals surface area contributed by atoms with Gasteiger partial charge in [0.1, 0.15) is 17.5 Å². The first-order chi connectivity index (χ1) is 14.5. The molecule has 4 aliphatic rings. The van der Waals surface area contributed by atoms with Gasteiger partial charge >= 0.3 is 0 Å². The van der Waals surface area contributed by atoms with Crippen LogP contribution < -0.4 is 10.6 Å². The molecule has 2 N–H and O–H groups in total. The highest BCUT2D eigenvalue weighted by Gasteiger charge is 2.53. The van der Waals surface area contributed by atoms with E-state index in [9.17, 15) is 5.26 Å². The van der Waals surface area contributed by atoms with Gasteiger partial charge in [0.15, 0.2) is 0 Å². The van der Waals surface area contributed by atoms with Gasteiger partial charge in [-0.2, -0.15) is 10.2 Å². The lowest BCUT2D eigenvalue weighted by Gasteiger charge is -2.59. The predicted octanol–water partition coefficient (Wildman–Crippen LogP) is 5.49. The average Bonchev–Trinajstić information content (AvgIpc) is 2.75. The highest BCUT2D eigenvalue weighted by Crippen LogP contribution is 2.62. The van der Waals surface area contributed by atoms with Crippen LogP contribution in [0.15, 0.2) is 30.5 Å². The van der Waals surface area contributed by atoms with Crippen LogP contribution in [-0.4, -0.2) is 16.5 Å². The molecule has 0 saturated heterocycles. The molecule has 6 heteroatoms. The number of hydrogen-bond donors (Lipinski definition) is 2. The molecular formula is C24H28ClN5. The Morgan fingerprint density at radius 3 is 2.67 bits per heavy atom. The first kappa shape index (κ1) is 19.6. The molecule has 1 heterocycles. The van der Waals surface area contributed by atoms with E-state index in [2.05, 4.69) is 33.6 Å². The average molecular weight is 422 g/mol. The topological polar surface area (TPSA) is 73.6 Å². The Balaban J connectivity index is 1.29. The molecule has 0 amide bonds. The molecule has 4 saturated carbocycles. The van der Waals surface area contributed by atoms with Crippen LogP contribution in [0.1, 0.15) is 50.2 Å². The second-order valence-electron chi connectivity index (χ2n) is 9.70. The first-order valence-electron chi connectivity index (χ1n) is 11.0. The van der Waals surface area contributed by atoms with Crippen LogP contribution in [0.3, 0.4) is 0 Å². The van der Waals surface area contributed by atoms with Crippen molar-refractivity contribution in [2.45, 2.75) is 45.6 Å². The Morgan fingerprint density at radius 1 is 1.17 bits per heavy atom. The number of anilines is 2. The number of rotatable bonds is 6. The summed E-state index contributed by atoms with van der Waals surface area (Å²) in [4.78, 5) is 8.93. The summed E-state index contributed by atoms with van der Waals surface area (Å²) in [5, 5.41) is 17.0. The van der Waals surface area contributed by atoms with Crippen molar-refractivity contribution >= 4 is 23.4 Å². The van der Waals surface area contributed by atoms with Crippen LogP contribution in [0.5, 0.6) is 0 Å². The lowest BCUT2D eigenvalue weighted by molar-refractivity contribution is -0.0822. The van der Waals surface area contributed by atoms with Crippen LogP contribution in [0.25, 0.3) is 0 Å². The zero-order chi connectivity index (χ0) is 20.7. The van der Waals surface area contributed by atoms with Gasteiger partial charge in [0.05, 0.1) is 6.20 Å². The van der Waals surface area contributed by atoms with Crippen LogP contribution in [0.4, 0.5) is 11.8 Å². The van der Waals surface area contributed by atoms with Crippen molar-refractivity contribution in [2.75, 3.05) is 17.2 Å². The van der Waals surface area contributed by atoms with Gasteiger partial charge in [-0.1, -0.05) is 36.7 Å². The van der Waals surface area contributed by atoms with Crippen molar-refractivity contribution in [3.05, 3.63) is 46.6 Å². The summed E-state index contributed by atoms with van der Waals surface area (Å²) in [5.41, 5.74) is 1.85. The summed E-state index contributed by atoms with van der Waals surface area (Å²) < 4.78 is 0. The number of halogens is 1. The maximum Gasteiger partial charge on any atom is 0.224 e. The second-order valence-corrected chi connectivity index (χ2v) is 10.1. The fraction of sp³-hybridized carbons (Fsp3) is 0.542. The minimum absolute atomic E-state index is 0.367. The van der Waals surface area contributed by atoms with Gasteiger partial charge in [-0.15, -0.1) is 0 Å². The van der Waals surface area contributed by atoms with Crippen molar-refractivity contribution in [3.8, 4) is 6.07 Å². The number of hydrogen-bond acceptors (Lipinski definition) is 5. The molecular weight excluding hydrogens is 394 g/mol. The van der Waals surface area contributed by atoms with E-state index in [4.69, 9.17) is 11.6 Å². The van der Waals surface area contributed by atoms with E-state index in [1.165, 1.54) is 32.1 Å². The van der Waals surface area contributed by atoms with E-state index in [-0.39, 0.29) is 0 Å². The Morgan fingerprint density at radius 2 is 1.93 bits per heavy atom. The Kier molecular flexibility index (Phi) is 5.06. The van der Waals surface area contributed by atoms with E-state index >= 15 is 0 Å². The molecule has 6 rings (SSSR count). The highest BCUT2D eigenvalue weighted by atomic mass is 35.5. The molecule has 1 aromatic carbocycles. The minimum atomic E-state index is 0.367. The monoisotopic (exact) mass is 421 g/mol. The van der Waals surface area contributed by atoms with Crippen LogP contribution in [0, 0.1) is 40.4 Å². The van der Waals surface area contributed by atoms with Gasteiger partial charge in [0.25, 0.3) is 0 Å². The molecule has 5 nitrogen and oxygen atoms in total. The number of aromatic nitrogens is 2. The van der Waals surface area contributed by atoms with Gasteiger partial charge in [-0.05, 0) is 72.8 Å². The lowest BCUT2D eigenvalue weighted by atomic mass is 9.46. The SMILES string of the molecule is CC1[C@@H]2CC3C[C@H]1CC(CNc1nc(NCc4ccccc4Cl)ncc1C#N)(C3)C2. The number of nitriles is 1. The number of nitrogens with one attached hydrogen (secondary N) is 2. The highest BCUT2D eigenvalue weighted by molar-refractivity contribution is 6.31. The zero-order valence-corrected chi connectivity index (χ0v) is 18.1. The Hall–Kier alpha value is -2.32. The third kappa shape index (κ3) is 3.63. The molecule has 4 aliphatic carbocycles. The molecule has 0 aliphatic heterocycles. The third-order valence-electron chi connectivity index (χ3n) is 7.81.